The van der Waals surface area contributed by atoms with Crippen LogP contribution in [0.25, 0.3) is 0 Å². The highest BCUT2D eigenvalue weighted by atomic mass is 19.2. The van der Waals surface area contributed by atoms with E-state index in [4.69, 9.17) is 9.47 Å². The van der Waals surface area contributed by atoms with Gasteiger partial charge in [0.15, 0.2) is 17.6 Å². The lowest BCUT2D eigenvalue weighted by atomic mass is 10.1. The van der Waals surface area contributed by atoms with Crippen molar-refractivity contribution in [2.45, 2.75) is 18.9 Å². The summed E-state index contributed by atoms with van der Waals surface area (Å²) in [6.45, 7) is 1.97. The molecule has 1 amide bonds. The van der Waals surface area contributed by atoms with Crippen LogP contribution < -0.4 is 15.4 Å². The Kier molecular flexibility index (Phi) is 7.43. The predicted octanol–water partition coefficient (Wildman–Crippen LogP) is 1.74. The molecule has 0 aromatic heterocycles. The maximum absolute atomic E-state index is 13.1. The van der Waals surface area contributed by atoms with Gasteiger partial charge in [0.2, 0.25) is 0 Å². The lowest BCUT2D eigenvalue weighted by Gasteiger charge is -2.32. The molecule has 26 heavy (non-hydrogen) atoms. The van der Waals surface area contributed by atoms with Gasteiger partial charge in [-0.3, -0.25) is 4.99 Å². The van der Waals surface area contributed by atoms with Crippen LogP contribution in [-0.4, -0.2) is 63.4 Å². The monoisotopic (exact) mass is 370 g/mol. The van der Waals surface area contributed by atoms with Crippen molar-refractivity contribution in [2.75, 3.05) is 40.4 Å². The van der Waals surface area contributed by atoms with Gasteiger partial charge in [-0.15, -0.1) is 0 Å². The van der Waals surface area contributed by atoms with Crippen molar-refractivity contribution in [3.05, 3.63) is 29.8 Å². The number of rotatable bonds is 5. The molecule has 1 aromatic carbocycles. The van der Waals surface area contributed by atoms with Crippen molar-refractivity contribution in [3.63, 3.8) is 0 Å². The zero-order valence-corrected chi connectivity index (χ0v) is 14.9. The minimum atomic E-state index is -0.939. The van der Waals surface area contributed by atoms with Crippen molar-refractivity contribution in [1.82, 2.24) is 15.5 Å². The van der Waals surface area contributed by atoms with Crippen LogP contribution in [0.5, 0.6) is 5.75 Å². The molecule has 0 unspecified atom stereocenters. The van der Waals surface area contributed by atoms with E-state index in [0.29, 0.717) is 25.6 Å². The number of carbonyl (C=O) groups excluding carboxylic acids is 1. The van der Waals surface area contributed by atoms with Gasteiger partial charge < -0.3 is 25.0 Å². The molecule has 2 N–H and O–H groups in total. The average molecular weight is 370 g/mol. The summed E-state index contributed by atoms with van der Waals surface area (Å²) in [4.78, 5) is 17.3. The fourth-order valence-electron chi connectivity index (χ4n) is 2.63. The highest BCUT2D eigenvalue weighted by molar-refractivity contribution is 5.80. The first-order valence-electron chi connectivity index (χ1n) is 8.41. The molecule has 0 spiro atoms. The maximum Gasteiger partial charge on any atom is 0.409 e. The Bertz CT molecular complexity index is 634. The SMILES string of the molecule is CN=C(NCCOc1ccc(F)c(F)c1)NC1CCN(C(=O)OC)CC1. The Morgan fingerprint density at radius 1 is 1.31 bits per heavy atom. The second-order valence-electron chi connectivity index (χ2n) is 5.80. The second-order valence-corrected chi connectivity index (χ2v) is 5.80. The van der Waals surface area contributed by atoms with Crippen LogP contribution in [0.2, 0.25) is 0 Å². The van der Waals surface area contributed by atoms with Gasteiger partial charge in [-0.2, -0.15) is 0 Å². The van der Waals surface area contributed by atoms with Crippen molar-refractivity contribution in [1.29, 1.82) is 0 Å². The van der Waals surface area contributed by atoms with E-state index in [1.807, 2.05) is 0 Å². The highest BCUT2D eigenvalue weighted by Gasteiger charge is 2.23. The fourth-order valence-corrected chi connectivity index (χ4v) is 2.63. The summed E-state index contributed by atoms with van der Waals surface area (Å²) >= 11 is 0. The van der Waals surface area contributed by atoms with Crippen LogP contribution in [-0.2, 0) is 4.74 Å². The van der Waals surface area contributed by atoms with E-state index in [0.717, 1.165) is 25.0 Å². The highest BCUT2D eigenvalue weighted by Crippen LogP contribution is 2.15. The van der Waals surface area contributed by atoms with Gasteiger partial charge in [-0.1, -0.05) is 0 Å². The molecule has 7 nitrogen and oxygen atoms in total. The van der Waals surface area contributed by atoms with Gasteiger partial charge in [0.1, 0.15) is 12.4 Å². The van der Waals surface area contributed by atoms with E-state index in [1.54, 1.807) is 11.9 Å². The van der Waals surface area contributed by atoms with Crippen molar-refractivity contribution in [2.24, 2.45) is 4.99 Å². The molecule has 1 saturated heterocycles. The number of halogens is 2. The number of nitrogens with one attached hydrogen (secondary N) is 2. The van der Waals surface area contributed by atoms with E-state index in [-0.39, 0.29) is 24.5 Å². The number of ether oxygens (including phenoxy) is 2. The van der Waals surface area contributed by atoms with Gasteiger partial charge in [-0.05, 0) is 25.0 Å². The molecule has 0 saturated carbocycles. The average Bonchev–Trinajstić information content (AvgIpc) is 2.66. The van der Waals surface area contributed by atoms with E-state index in [9.17, 15) is 13.6 Å². The molecule has 1 aliphatic heterocycles. The molecular weight excluding hydrogens is 346 g/mol. The van der Waals surface area contributed by atoms with E-state index in [1.165, 1.54) is 13.2 Å². The summed E-state index contributed by atoms with van der Waals surface area (Å²) in [5, 5.41) is 6.39. The number of hydrogen-bond donors (Lipinski definition) is 2. The van der Waals surface area contributed by atoms with Gasteiger partial charge in [-0.25, -0.2) is 13.6 Å². The van der Waals surface area contributed by atoms with Gasteiger partial charge in [0.05, 0.1) is 13.7 Å². The molecular formula is C17H24F2N4O3. The Morgan fingerprint density at radius 2 is 2.04 bits per heavy atom. The summed E-state index contributed by atoms with van der Waals surface area (Å²) in [6, 6.07) is 3.62. The van der Waals surface area contributed by atoms with Crippen LogP contribution in [0.4, 0.5) is 13.6 Å². The largest absolute Gasteiger partial charge is 0.492 e. The second kappa shape index (κ2) is 9.79. The third kappa shape index (κ3) is 5.75. The number of amides is 1. The molecule has 1 heterocycles. The summed E-state index contributed by atoms with van der Waals surface area (Å²) in [5.41, 5.74) is 0. The van der Waals surface area contributed by atoms with Crippen LogP contribution in [0.15, 0.2) is 23.2 Å². The molecule has 0 bridgehead atoms. The topological polar surface area (TPSA) is 75.2 Å². The smallest absolute Gasteiger partial charge is 0.409 e. The molecule has 9 heteroatoms. The Morgan fingerprint density at radius 3 is 2.65 bits per heavy atom. The Balaban J connectivity index is 1.68. The lowest BCUT2D eigenvalue weighted by molar-refractivity contribution is 0.111. The predicted molar refractivity (Wildman–Crippen MR) is 93.4 cm³/mol. The van der Waals surface area contributed by atoms with Gasteiger partial charge >= 0.3 is 6.09 Å². The third-order valence-corrected chi connectivity index (χ3v) is 4.05. The minimum absolute atomic E-state index is 0.203. The summed E-state index contributed by atoms with van der Waals surface area (Å²) < 4.78 is 36.0. The lowest BCUT2D eigenvalue weighted by Crippen LogP contribution is -2.50. The molecule has 0 atom stereocenters. The Hall–Kier alpha value is -2.58. The van der Waals surface area contributed by atoms with Crippen molar-refractivity contribution >= 4 is 12.1 Å². The maximum atomic E-state index is 13.1. The van der Waals surface area contributed by atoms with Crippen LogP contribution in [0, 0.1) is 11.6 Å². The zero-order chi connectivity index (χ0) is 18.9. The number of hydrogen-bond acceptors (Lipinski definition) is 4. The van der Waals surface area contributed by atoms with Crippen molar-refractivity contribution < 1.29 is 23.0 Å². The number of benzene rings is 1. The number of likely N-dealkylation sites (tertiary alicyclic amines) is 1. The molecule has 1 aromatic rings. The molecule has 1 fully saturated rings. The van der Waals surface area contributed by atoms with Crippen LogP contribution >= 0.6 is 0 Å². The normalized spacial score (nSPS) is 15.5. The van der Waals surface area contributed by atoms with E-state index < -0.39 is 11.6 Å². The number of piperidine rings is 1. The number of carbonyl (C=O) groups is 1. The number of aliphatic imine (C=N–C) groups is 1. The van der Waals surface area contributed by atoms with Crippen molar-refractivity contribution in [3.8, 4) is 5.75 Å². The molecule has 0 radical (unpaired) electrons. The van der Waals surface area contributed by atoms with Crippen LogP contribution in [0.3, 0.4) is 0 Å². The van der Waals surface area contributed by atoms with Gasteiger partial charge in [0.25, 0.3) is 0 Å². The number of methoxy groups -OCH3 is 1. The fraction of sp³-hybridized carbons (Fsp3) is 0.529. The zero-order valence-electron chi connectivity index (χ0n) is 14.9. The first kappa shape index (κ1) is 19.7. The third-order valence-electron chi connectivity index (χ3n) is 4.05. The molecule has 0 aliphatic carbocycles. The van der Waals surface area contributed by atoms with Gasteiger partial charge in [0, 0.05) is 32.2 Å². The standard InChI is InChI=1S/C17H24F2N4O3/c1-20-16(22-12-5-8-23(9-6-12)17(24)25-2)21-7-10-26-13-3-4-14(18)15(19)11-13/h3-4,11-12H,5-10H2,1-2H3,(H2,20,21,22). The molecule has 2 rings (SSSR count). The van der Waals surface area contributed by atoms with E-state index >= 15 is 0 Å². The summed E-state index contributed by atoms with van der Waals surface area (Å²) in [6.07, 6.45) is 1.28. The first-order chi connectivity index (χ1) is 12.5. The number of nitrogens with zero attached hydrogens (tertiary/aromatic N) is 2. The summed E-state index contributed by atoms with van der Waals surface area (Å²) in [7, 11) is 3.04. The Labute approximate surface area is 151 Å². The van der Waals surface area contributed by atoms with Crippen LogP contribution in [0.1, 0.15) is 12.8 Å². The number of guanidine groups is 1. The molecule has 1 aliphatic rings. The minimum Gasteiger partial charge on any atom is -0.492 e. The van der Waals surface area contributed by atoms with E-state index in [2.05, 4.69) is 15.6 Å². The first-order valence-corrected chi connectivity index (χ1v) is 8.41. The molecule has 144 valence electrons. The quantitative estimate of drug-likeness (QED) is 0.469. The summed E-state index contributed by atoms with van der Waals surface area (Å²) in [5.74, 6) is -0.955.